The Morgan fingerprint density at radius 3 is 2.43 bits per heavy atom. The third kappa shape index (κ3) is 5.04. The summed E-state index contributed by atoms with van der Waals surface area (Å²) in [6.07, 6.45) is 1.30. The van der Waals surface area contributed by atoms with Gasteiger partial charge >= 0.3 is 0 Å². The molecule has 0 aromatic heterocycles. The van der Waals surface area contributed by atoms with Crippen LogP contribution in [0.2, 0.25) is 0 Å². The van der Waals surface area contributed by atoms with Crippen molar-refractivity contribution in [1.82, 2.24) is 5.32 Å². The first kappa shape index (κ1) is 15.3. The van der Waals surface area contributed by atoms with Gasteiger partial charge in [-0.1, -0.05) is 54.1 Å². The van der Waals surface area contributed by atoms with Crippen LogP contribution in [0.1, 0.15) is 28.7 Å². The van der Waals surface area contributed by atoms with Crippen LogP contribution in [0.15, 0.2) is 48.5 Å². The van der Waals surface area contributed by atoms with Gasteiger partial charge < -0.3 is 11.1 Å². The van der Waals surface area contributed by atoms with Crippen LogP contribution in [0, 0.1) is 6.92 Å². The van der Waals surface area contributed by atoms with Crippen LogP contribution < -0.4 is 11.1 Å². The number of aryl methyl sites for hydroxylation is 2. The molecule has 21 heavy (non-hydrogen) atoms. The van der Waals surface area contributed by atoms with Crippen molar-refractivity contribution in [2.45, 2.75) is 32.9 Å². The number of nitrogens with two attached hydrogens (primary N) is 1. The van der Waals surface area contributed by atoms with Crippen LogP contribution in [0.3, 0.4) is 0 Å². The fraction of sp³-hybridized carbons (Fsp3) is 0.278. The summed E-state index contributed by atoms with van der Waals surface area (Å²) >= 11 is 0. The summed E-state index contributed by atoms with van der Waals surface area (Å²) in [6, 6.07) is 16.3. The molecule has 0 radical (unpaired) electrons. The van der Waals surface area contributed by atoms with E-state index in [2.05, 4.69) is 30.4 Å². The lowest BCUT2D eigenvalue weighted by Crippen LogP contribution is -2.23. The van der Waals surface area contributed by atoms with E-state index in [4.69, 9.17) is 5.73 Å². The molecule has 0 spiro atoms. The molecule has 0 saturated heterocycles. The van der Waals surface area contributed by atoms with Gasteiger partial charge in [0.05, 0.1) is 0 Å². The smallest absolute Gasteiger partial charge is 0.220 e. The Labute approximate surface area is 126 Å². The van der Waals surface area contributed by atoms with Gasteiger partial charge in [-0.15, -0.1) is 0 Å². The number of carbonyl (C=O) groups excluding carboxylic acids is 1. The van der Waals surface area contributed by atoms with Crippen LogP contribution in [0.4, 0.5) is 0 Å². The Morgan fingerprint density at radius 1 is 1.05 bits per heavy atom. The Bertz CT molecular complexity index is 590. The van der Waals surface area contributed by atoms with Gasteiger partial charge in [-0.2, -0.15) is 0 Å². The number of hydrogen-bond acceptors (Lipinski definition) is 2. The van der Waals surface area contributed by atoms with E-state index in [1.165, 1.54) is 11.1 Å². The molecule has 3 N–H and O–H groups in total. The molecule has 2 aromatic rings. The fourth-order valence-electron chi connectivity index (χ4n) is 2.21. The van der Waals surface area contributed by atoms with Crippen molar-refractivity contribution in [1.29, 1.82) is 0 Å². The average molecular weight is 282 g/mol. The van der Waals surface area contributed by atoms with Crippen molar-refractivity contribution in [2.75, 3.05) is 0 Å². The third-order valence-electron chi connectivity index (χ3n) is 3.47. The van der Waals surface area contributed by atoms with Crippen molar-refractivity contribution in [3.63, 3.8) is 0 Å². The zero-order chi connectivity index (χ0) is 15.1. The zero-order valence-electron chi connectivity index (χ0n) is 12.4. The number of rotatable bonds is 6. The molecule has 0 fully saturated rings. The van der Waals surface area contributed by atoms with Gasteiger partial charge in [-0.3, -0.25) is 4.79 Å². The molecule has 0 heterocycles. The van der Waals surface area contributed by atoms with Crippen LogP contribution in [0.5, 0.6) is 0 Å². The van der Waals surface area contributed by atoms with Crippen LogP contribution in [-0.4, -0.2) is 5.91 Å². The summed E-state index contributed by atoms with van der Waals surface area (Å²) < 4.78 is 0. The summed E-state index contributed by atoms with van der Waals surface area (Å²) in [7, 11) is 0. The predicted octanol–water partition coefficient (Wildman–Crippen LogP) is 2.70. The van der Waals surface area contributed by atoms with Crippen molar-refractivity contribution >= 4 is 5.91 Å². The van der Waals surface area contributed by atoms with Gasteiger partial charge in [0.15, 0.2) is 0 Å². The van der Waals surface area contributed by atoms with E-state index in [0.717, 1.165) is 17.5 Å². The Morgan fingerprint density at radius 2 is 1.76 bits per heavy atom. The molecular weight excluding hydrogens is 260 g/mol. The lowest BCUT2D eigenvalue weighted by Gasteiger charge is -2.07. The van der Waals surface area contributed by atoms with Crippen molar-refractivity contribution in [3.05, 3.63) is 70.8 Å². The second-order valence-electron chi connectivity index (χ2n) is 5.29. The van der Waals surface area contributed by atoms with Gasteiger partial charge in [0.2, 0.25) is 5.91 Å². The third-order valence-corrected chi connectivity index (χ3v) is 3.47. The van der Waals surface area contributed by atoms with Crippen LogP contribution in [0.25, 0.3) is 0 Å². The lowest BCUT2D eigenvalue weighted by atomic mass is 10.1. The minimum atomic E-state index is 0.0828. The first-order chi connectivity index (χ1) is 10.2. The summed E-state index contributed by atoms with van der Waals surface area (Å²) in [6.45, 7) is 3.18. The Balaban J connectivity index is 1.76. The summed E-state index contributed by atoms with van der Waals surface area (Å²) in [5.74, 6) is 0.0828. The second-order valence-corrected chi connectivity index (χ2v) is 5.29. The highest BCUT2D eigenvalue weighted by atomic mass is 16.1. The molecule has 0 unspecified atom stereocenters. The SMILES string of the molecule is Cc1cccc(CCC(=O)NCc2ccc(CN)cc2)c1. The average Bonchev–Trinajstić information content (AvgIpc) is 2.51. The maximum atomic E-state index is 11.9. The molecule has 0 atom stereocenters. The number of nitrogens with one attached hydrogen (secondary N) is 1. The van der Waals surface area contributed by atoms with Gasteiger partial charge in [-0.25, -0.2) is 0 Å². The molecular formula is C18H22N2O. The van der Waals surface area contributed by atoms with Crippen molar-refractivity contribution in [2.24, 2.45) is 5.73 Å². The highest BCUT2D eigenvalue weighted by Crippen LogP contribution is 2.07. The topological polar surface area (TPSA) is 55.1 Å². The number of hydrogen-bond donors (Lipinski definition) is 2. The molecule has 2 aromatic carbocycles. The number of benzene rings is 2. The van der Waals surface area contributed by atoms with Crippen LogP contribution >= 0.6 is 0 Å². The summed E-state index contributed by atoms with van der Waals surface area (Å²) in [5.41, 5.74) is 10.2. The molecule has 110 valence electrons. The van der Waals surface area contributed by atoms with Crippen molar-refractivity contribution in [3.8, 4) is 0 Å². The Kier molecular flexibility index (Phi) is 5.52. The molecule has 0 saturated carbocycles. The van der Waals surface area contributed by atoms with E-state index in [1.807, 2.05) is 30.3 Å². The molecule has 0 bridgehead atoms. The van der Waals surface area contributed by atoms with E-state index in [1.54, 1.807) is 0 Å². The van der Waals surface area contributed by atoms with E-state index in [9.17, 15) is 4.79 Å². The monoisotopic (exact) mass is 282 g/mol. The fourth-order valence-corrected chi connectivity index (χ4v) is 2.21. The largest absolute Gasteiger partial charge is 0.352 e. The molecule has 0 aliphatic rings. The van der Waals surface area contributed by atoms with Crippen molar-refractivity contribution < 1.29 is 4.79 Å². The summed E-state index contributed by atoms with van der Waals surface area (Å²) in [4.78, 5) is 11.9. The van der Waals surface area contributed by atoms with Gasteiger partial charge in [0, 0.05) is 19.5 Å². The van der Waals surface area contributed by atoms with Gasteiger partial charge in [-0.05, 0) is 30.0 Å². The molecule has 2 rings (SSSR count). The van der Waals surface area contributed by atoms with E-state index in [-0.39, 0.29) is 5.91 Å². The lowest BCUT2D eigenvalue weighted by molar-refractivity contribution is -0.121. The van der Waals surface area contributed by atoms with Gasteiger partial charge in [0.25, 0.3) is 0 Å². The standard InChI is InChI=1S/C18H22N2O/c1-14-3-2-4-15(11-14)9-10-18(21)20-13-17-7-5-16(12-19)6-8-17/h2-8,11H,9-10,12-13,19H2,1H3,(H,20,21). The summed E-state index contributed by atoms with van der Waals surface area (Å²) in [5, 5.41) is 2.95. The zero-order valence-corrected chi connectivity index (χ0v) is 12.4. The number of amides is 1. The second kappa shape index (κ2) is 7.60. The first-order valence-electron chi connectivity index (χ1n) is 7.27. The van der Waals surface area contributed by atoms with E-state index in [0.29, 0.717) is 19.5 Å². The molecule has 1 amide bonds. The van der Waals surface area contributed by atoms with Crippen LogP contribution in [-0.2, 0) is 24.3 Å². The highest BCUT2D eigenvalue weighted by Gasteiger charge is 2.03. The minimum Gasteiger partial charge on any atom is -0.352 e. The molecule has 3 heteroatoms. The Hall–Kier alpha value is -2.13. The first-order valence-corrected chi connectivity index (χ1v) is 7.27. The van der Waals surface area contributed by atoms with E-state index >= 15 is 0 Å². The molecule has 0 aliphatic heterocycles. The maximum Gasteiger partial charge on any atom is 0.220 e. The number of carbonyl (C=O) groups is 1. The maximum absolute atomic E-state index is 11.9. The molecule has 3 nitrogen and oxygen atoms in total. The predicted molar refractivity (Wildman–Crippen MR) is 85.7 cm³/mol. The molecule has 0 aliphatic carbocycles. The van der Waals surface area contributed by atoms with E-state index < -0.39 is 0 Å². The van der Waals surface area contributed by atoms with Gasteiger partial charge in [0.1, 0.15) is 0 Å². The normalized spacial score (nSPS) is 10.4. The highest BCUT2D eigenvalue weighted by molar-refractivity contribution is 5.76. The minimum absolute atomic E-state index is 0.0828. The quantitative estimate of drug-likeness (QED) is 0.856.